The molecule has 1 fully saturated rings. The van der Waals surface area contributed by atoms with Crippen LogP contribution >= 0.6 is 17.0 Å². The van der Waals surface area contributed by atoms with Gasteiger partial charge in [-0.15, -0.1) is 17.0 Å². The maximum absolute atomic E-state index is 6.40. The van der Waals surface area contributed by atoms with E-state index in [2.05, 4.69) is 79.7 Å². The molecule has 1 atom stereocenters. The molecule has 118 valence electrons. The van der Waals surface area contributed by atoms with Crippen LogP contribution in [0.15, 0.2) is 60.7 Å². The van der Waals surface area contributed by atoms with Gasteiger partial charge in [0.25, 0.3) is 0 Å². The molecule has 1 heterocycles. The SMILES string of the molecule is Br.CN(C)CC1CCOC1(c1ccccc1)c1ccccc1. The van der Waals surface area contributed by atoms with Crippen molar-refractivity contribution >= 4 is 17.0 Å². The number of hydrogen-bond donors (Lipinski definition) is 0. The highest BCUT2D eigenvalue weighted by molar-refractivity contribution is 8.93. The molecule has 3 heteroatoms. The first kappa shape index (κ1) is 17.2. The van der Waals surface area contributed by atoms with Gasteiger partial charge < -0.3 is 9.64 Å². The van der Waals surface area contributed by atoms with Gasteiger partial charge >= 0.3 is 0 Å². The van der Waals surface area contributed by atoms with Gasteiger partial charge in [-0.2, -0.15) is 0 Å². The minimum Gasteiger partial charge on any atom is -0.365 e. The van der Waals surface area contributed by atoms with Crippen molar-refractivity contribution in [2.45, 2.75) is 12.0 Å². The summed E-state index contributed by atoms with van der Waals surface area (Å²) in [5.41, 5.74) is 2.22. The zero-order chi connectivity index (χ0) is 14.7. The third kappa shape index (κ3) is 3.12. The third-order valence-electron chi connectivity index (χ3n) is 4.36. The maximum atomic E-state index is 6.40. The summed E-state index contributed by atoms with van der Waals surface area (Å²) in [6, 6.07) is 21.3. The van der Waals surface area contributed by atoms with Crippen LogP contribution in [0.2, 0.25) is 0 Å². The quantitative estimate of drug-likeness (QED) is 0.812. The molecule has 2 nitrogen and oxygen atoms in total. The summed E-state index contributed by atoms with van der Waals surface area (Å²) in [5, 5.41) is 0. The molecule has 0 bridgehead atoms. The van der Waals surface area contributed by atoms with Crippen LogP contribution in [0.5, 0.6) is 0 Å². The minimum atomic E-state index is -0.313. The molecule has 1 unspecified atom stereocenters. The summed E-state index contributed by atoms with van der Waals surface area (Å²) in [6.07, 6.45) is 1.10. The molecule has 1 aliphatic heterocycles. The Morgan fingerprint density at radius 3 is 1.91 bits per heavy atom. The highest BCUT2D eigenvalue weighted by Gasteiger charge is 2.47. The van der Waals surface area contributed by atoms with Crippen LogP contribution in [0.1, 0.15) is 17.5 Å². The van der Waals surface area contributed by atoms with E-state index in [9.17, 15) is 0 Å². The molecule has 2 aromatic rings. The molecule has 0 spiro atoms. The molecule has 0 saturated carbocycles. The van der Waals surface area contributed by atoms with Crippen molar-refractivity contribution in [2.24, 2.45) is 5.92 Å². The summed E-state index contributed by atoms with van der Waals surface area (Å²) in [7, 11) is 4.28. The molecule has 1 saturated heterocycles. The number of benzene rings is 2. The van der Waals surface area contributed by atoms with Crippen molar-refractivity contribution < 1.29 is 4.74 Å². The first-order chi connectivity index (χ1) is 10.2. The number of rotatable bonds is 4. The predicted octanol–water partition coefficient (Wildman–Crippen LogP) is 4.11. The Balaban J connectivity index is 0.00000176. The summed E-state index contributed by atoms with van der Waals surface area (Å²) in [4.78, 5) is 2.26. The monoisotopic (exact) mass is 361 g/mol. The van der Waals surface area contributed by atoms with Crippen LogP contribution in [0.4, 0.5) is 0 Å². The summed E-state index contributed by atoms with van der Waals surface area (Å²) >= 11 is 0. The summed E-state index contributed by atoms with van der Waals surface area (Å²) in [5.74, 6) is 0.470. The number of ether oxygens (including phenoxy) is 1. The lowest BCUT2D eigenvalue weighted by molar-refractivity contribution is 0.00438. The lowest BCUT2D eigenvalue weighted by Crippen LogP contribution is -2.39. The van der Waals surface area contributed by atoms with Crippen LogP contribution in [-0.2, 0) is 10.3 Å². The van der Waals surface area contributed by atoms with E-state index in [1.165, 1.54) is 11.1 Å². The van der Waals surface area contributed by atoms with E-state index in [1.54, 1.807) is 0 Å². The van der Waals surface area contributed by atoms with Gasteiger partial charge in [0.05, 0.1) is 0 Å². The summed E-state index contributed by atoms with van der Waals surface area (Å²) < 4.78 is 6.40. The van der Waals surface area contributed by atoms with Gasteiger partial charge in [0.2, 0.25) is 0 Å². The maximum Gasteiger partial charge on any atom is 0.122 e. The molecule has 0 amide bonds. The van der Waals surface area contributed by atoms with Gasteiger partial charge in [0.1, 0.15) is 5.60 Å². The first-order valence-corrected chi connectivity index (χ1v) is 7.63. The number of hydrogen-bond acceptors (Lipinski definition) is 2. The minimum absolute atomic E-state index is 0. The van der Waals surface area contributed by atoms with Crippen molar-refractivity contribution in [3.63, 3.8) is 0 Å². The molecular formula is C19H24BrNO. The Bertz CT molecular complexity index is 531. The Morgan fingerprint density at radius 1 is 0.955 bits per heavy atom. The number of nitrogens with zero attached hydrogens (tertiary/aromatic N) is 1. The molecule has 0 aromatic heterocycles. The fourth-order valence-corrected chi connectivity index (χ4v) is 3.52. The second-order valence-electron chi connectivity index (χ2n) is 6.06. The Labute approximate surface area is 143 Å². The average molecular weight is 362 g/mol. The van der Waals surface area contributed by atoms with Crippen molar-refractivity contribution in [3.8, 4) is 0 Å². The second-order valence-corrected chi connectivity index (χ2v) is 6.06. The van der Waals surface area contributed by atoms with Crippen molar-refractivity contribution in [1.29, 1.82) is 0 Å². The highest BCUT2D eigenvalue weighted by Crippen LogP contribution is 2.46. The van der Waals surface area contributed by atoms with E-state index in [-0.39, 0.29) is 22.6 Å². The average Bonchev–Trinajstić information content (AvgIpc) is 2.93. The molecular weight excluding hydrogens is 338 g/mol. The molecule has 0 radical (unpaired) electrons. The second kappa shape index (κ2) is 7.40. The van der Waals surface area contributed by atoms with E-state index in [0.29, 0.717) is 5.92 Å². The lowest BCUT2D eigenvalue weighted by atomic mass is 9.76. The standard InChI is InChI=1S/C19H23NO.BrH/c1-20(2)15-18-13-14-21-19(18,16-9-5-3-6-10-16)17-11-7-4-8-12-17;/h3-12,18H,13-15H2,1-2H3;1H. The Hall–Kier alpha value is -1.16. The van der Waals surface area contributed by atoms with E-state index in [0.717, 1.165) is 19.6 Å². The third-order valence-corrected chi connectivity index (χ3v) is 4.36. The smallest absolute Gasteiger partial charge is 0.122 e. The molecule has 0 aliphatic carbocycles. The Kier molecular flexibility index (Phi) is 5.79. The van der Waals surface area contributed by atoms with Crippen molar-refractivity contribution in [1.82, 2.24) is 4.90 Å². The van der Waals surface area contributed by atoms with Gasteiger partial charge in [-0.3, -0.25) is 0 Å². The summed E-state index contributed by atoms with van der Waals surface area (Å²) in [6.45, 7) is 1.85. The largest absolute Gasteiger partial charge is 0.365 e. The van der Waals surface area contributed by atoms with Crippen LogP contribution in [-0.4, -0.2) is 32.1 Å². The van der Waals surface area contributed by atoms with E-state index < -0.39 is 0 Å². The van der Waals surface area contributed by atoms with E-state index in [1.807, 2.05) is 0 Å². The zero-order valence-corrected chi connectivity index (χ0v) is 14.9. The van der Waals surface area contributed by atoms with Crippen molar-refractivity contribution in [2.75, 3.05) is 27.2 Å². The van der Waals surface area contributed by atoms with Gasteiger partial charge in [-0.1, -0.05) is 60.7 Å². The predicted molar refractivity (Wildman–Crippen MR) is 96.6 cm³/mol. The number of halogens is 1. The van der Waals surface area contributed by atoms with E-state index in [4.69, 9.17) is 4.74 Å². The molecule has 1 aliphatic rings. The fraction of sp³-hybridized carbons (Fsp3) is 0.368. The lowest BCUT2D eigenvalue weighted by Gasteiger charge is -2.37. The molecule has 22 heavy (non-hydrogen) atoms. The molecule has 2 aromatic carbocycles. The van der Waals surface area contributed by atoms with Crippen LogP contribution in [0, 0.1) is 5.92 Å². The van der Waals surface area contributed by atoms with E-state index >= 15 is 0 Å². The van der Waals surface area contributed by atoms with Gasteiger partial charge in [-0.05, 0) is 31.6 Å². The van der Waals surface area contributed by atoms with Gasteiger partial charge in [0, 0.05) is 19.1 Å². The molecule has 3 rings (SSSR count). The molecule has 0 N–H and O–H groups in total. The normalized spacial score (nSPS) is 19.9. The highest BCUT2D eigenvalue weighted by atomic mass is 79.9. The van der Waals surface area contributed by atoms with Gasteiger partial charge in [0.15, 0.2) is 0 Å². The van der Waals surface area contributed by atoms with Crippen molar-refractivity contribution in [3.05, 3.63) is 71.8 Å². The van der Waals surface area contributed by atoms with Crippen LogP contribution in [0.25, 0.3) is 0 Å². The zero-order valence-electron chi connectivity index (χ0n) is 13.2. The topological polar surface area (TPSA) is 12.5 Å². The first-order valence-electron chi connectivity index (χ1n) is 7.63. The van der Waals surface area contributed by atoms with Crippen LogP contribution < -0.4 is 0 Å². The van der Waals surface area contributed by atoms with Gasteiger partial charge in [-0.25, -0.2) is 0 Å². The fourth-order valence-electron chi connectivity index (χ4n) is 3.52. The Morgan fingerprint density at radius 2 is 1.45 bits per heavy atom. The van der Waals surface area contributed by atoms with Crippen LogP contribution in [0.3, 0.4) is 0 Å².